The normalized spacial score (nSPS) is 21.7. The first kappa shape index (κ1) is 53.5. The van der Waals surface area contributed by atoms with Gasteiger partial charge in [-0.3, -0.25) is 4.90 Å². The lowest BCUT2D eigenvalue weighted by molar-refractivity contribution is 0.188. The number of benzene rings is 8. The topological polar surface area (TPSA) is 22.9 Å². The number of hydrogen-bond donors (Lipinski definition) is 0. The Morgan fingerprint density at radius 3 is 1.54 bits per heavy atom. The second kappa shape index (κ2) is 17.9. The fourth-order valence-corrected chi connectivity index (χ4v) is 16.7. The molecule has 9 aromatic rings. The fourth-order valence-electron chi connectivity index (χ4n) is 16.7. The van der Waals surface area contributed by atoms with Crippen molar-refractivity contribution in [1.29, 1.82) is 0 Å². The molecule has 0 radical (unpaired) electrons. The van der Waals surface area contributed by atoms with E-state index in [9.17, 15) is 0 Å². The molecule has 3 heterocycles. The third kappa shape index (κ3) is 7.91. The van der Waals surface area contributed by atoms with Crippen molar-refractivity contribution < 1.29 is 4.42 Å². The van der Waals surface area contributed by atoms with Crippen LogP contribution in [0.2, 0.25) is 0 Å². The van der Waals surface area contributed by atoms with Gasteiger partial charge in [0.05, 0.1) is 0 Å². The summed E-state index contributed by atoms with van der Waals surface area (Å²) in [4.78, 5) is 7.68. The zero-order chi connectivity index (χ0) is 58.4. The summed E-state index contributed by atoms with van der Waals surface area (Å²) in [7, 11) is 0. The number of hydrogen-bond acceptors (Lipinski definition) is 4. The molecule has 2 bridgehead atoms. The number of furan rings is 1. The van der Waals surface area contributed by atoms with E-state index in [1.54, 1.807) is 5.56 Å². The van der Waals surface area contributed by atoms with E-state index in [-0.39, 0.29) is 44.6 Å². The summed E-state index contributed by atoms with van der Waals surface area (Å²) >= 11 is 0. The second-order valence-corrected chi connectivity index (χ2v) is 30.9. The average molecular weight is 1100 g/mol. The van der Waals surface area contributed by atoms with Gasteiger partial charge in [-0.05, 0) is 248 Å². The maximum atomic E-state index is 7.81. The Kier molecular flexibility index (Phi) is 11.4. The summed E-state index contributed by atoms with van der Waals surface area (Å²) in [5, 5.41) is 1.27. The fraction of sp³-hybridized carbons (Fsp3) is 0.367. The molecule has 8 aromatic carbocycles. The van der Waals surface area contributed by atoms with Crippen molar-refractivity contribution in [3.8, 4) is 11.1 Å². The van der Waals surface area contributed by atoms with Crippen LogP contribution in [0.25, 0.3) is 22.1 Å². The highest BCUT2D eigenvalue weighted by Crippen LogP contribution is 2.59. The summed E-state index contributed by atoms with van der Waals surface area (Å²) in [6.07, 6.45) is 9.54. The summed E-state index contributed by atoms with van der Waals surface area (Å²) in [5.41, 5.74) is 28.7. The van der Waals surface area contributed by atoms with Crippen molar-refractivity contribution >= 4 is 85.5 Å². The minimum Gasteiger partial charge on any atom is -0.440 e. The summed E-state index contributed by atoms with van der Waals surface area (Å²) in [6.45, 7) is 34.2. The van der Waals surface area contributed by atoms with Crippen LogP contribution in [-0.4, -0.2) is 6.71 Å². The predicted octanol–water partition coefficient (Wildman–Crippen LogP) is 20.1. The monoisotopic (exact) mass is 1100 g/mol. The lowest BCUT2D eigenvalue weighted by atomic mass is 9.33. The maximum absolute atomic E-state index is 7.81. The largest absolute Gasteiger partial charge is 0.440 e. The van der Waals surface area contributed by atoms with Gasteiger partial charge in [-0.15, -0.1) is 0 Å². The molecule has 4 nitrogen and oxygen atoms in total. The van der Waals surface area contributed by atoms with Gasteiger partial charge in [-0.2, -0.15) is 0 Å². The predicted molar refractivity (Wildman–Crippen MR) is 358 cm³/mol. The van der Waals surface area contributed by atoms with Crippen LogP contribution in [-0.2, 0) is 37.9 Å². The molecule has 0 spiro atoms. The van der Waals surface area contributed by atoms with Crippen LogP contribution < -0.4 is 31.1 Å². The van der Waals surface area contributed by atoms with Crippen molar-refractivity contribution in [2.45, 2.75) is 186 Å². The first-order chi connectivity index (χ1) is 39.8. The van der Waals surface area contributed by atoms with Crippen LogP contribution in [0.1, 0.15) is 186 Å². The highest BCUT2D eigenvalue weighted by molar-refractivity contribution is 7.01. The van der Waals surface area contributed by atoms with E-state index in [0.29, 0.717) is 0 Å². The third-order valence-electron chi connectivity index (χ3n) is 22.4. The molecule has 0 amide bonds. The van der Waals surface area contributed by atoms with E-state index < -0.39 is 0 Å². The molecular formula is C79H84BN3O. The zero-order valence-corrected chi connectivity index (χ0v) is 52.5. The van der Waals surface area contributed by atoms with Gasteiger partial charge in [-0.25, -0.2) is 0 Å². The highest BCUT2D eigenvalue weighted by Gasteiger charge is 2.52. The minimum absolute atomic E-state index is 0.00232. The van der Waals surface area contributed by atoms with Crippen LogP contribution in [0.15, 0.2) is 162 Å². The molecule has 0 N–H and O–H groups in total. The molecule has 7 aliphatic rings. The van der Waals surface area contributed by atoms with Crippen molar-refractivity contribution in [1.82, 2.24) is 0 Å². The van der Waals surface area contributed by atoms with Crippen LogP contribution in [0, 0.1) is 6.92 Å². The number of rotatable bonds is 6. The molecule has 5 aliphatic carbocycles. The van der Waals surface area contributed by atoms with E-state index in [0.717, 1.165) is 47.1 Å². The van der Waals surface area contributed by atoms with Gasteiger partial charge in [-0.1, -0.05) is 163 Å². The standard InChI is InChI=1S/C79H84BN3O/c1-49-41-59-61(77(11,12)36-35-75(59,7)8)47-65(49)83-66-44-52(73(2,3)4)27-32-64(66)80-70-57-46-62-63(79(14)39-37-78(62,13)38-40-79)48-69(57)84-72(70)82(56-30-31-58-60(45-56)76(9,10)34-33-74(58,5)6)67-42-51(43-68(83)71(67)80)50-25-28-55(29-26-50)81(53-21-17-15-18-22-53)54-23-19-16-20-24-54/h15-32,41-48H,33-40H2,1-14H3. The molecule has 2 aliphatic heterocycles. The number of anilines is 9. The summed E-state index contributed by atoms with van der Waals surface area (Å²) < 4.78 is 7.81. The van der Waals surface area contributed by atoms with Crippen molar-refractivity contribution in [2.24, 2.45) is 0 Å². The zero-order valence-electron chi connectivity index (χ0n) is 52.5. The molecule has 1 saturated carbocycles. The lowest BCUT2D eigenvalue weighted by Crippen LogP contribution is -2.61. The van der Waals surface area contributed by atoms with Crippen molar-refractivity contribution in [3.05, 3.63) is 202 Å². The molecule has 84 heavy (non-hydrogen) atoms. The Morgan fingerprint density at radius 1 is 0.429 bits per heavy atom. The summed E-state index contributed by atoms with van der Waals surface area (Å²) in [5.74, 6) is 0.952. The van der Waals surface area contributed by atoms with E-state index in [1.807, 2.05) is 0 Å². The Balaban J connectivity index is 1.05. The SMILES string of the molecule is Cc1cc2c(cc1N1c3cc(C(C)(C)C)ccc3B3c4c1cc(-c1ccc(N(c5ccccc5)c5ccccc5)cc1)cc4N(c1ccc4c(c1)C(C)(C)CCC4(C)C)c1oc4cc5c(cc4c13)C1(C)CCC5(C)CC1)C(C)(C)CCC2(C)C. The van der Waals surface area contributed by atoms with Crippen molar-refractivity contribution in [2.75, 3.05) is 14.7 Å². The van der Waals surface area contributed by atoms with E-state index in [2.05, 4.69) is 269 Å². The quantitative estimate of drug-likeness (QED) is 0.155. The molecule has 0 saturated heterocycles. The number of para-hydroxylation sites is 2. The van der Waals surface area contributed by atoms with Gasteiger partial charge >= 0.3 is 0 Å². The molecule has 1 fully saturated rings. The van der Waals surface area contributed by atoms with E-state index >= 15 is 0 Å². The third-order valence-corrected chi connectivity index (χ3v) is 22.4. The van der Waals surface area contributed by atoms with Crippen LogP contribution in [0.5, 0.6) is 0 Å². The van der Waals surface area contributed by atoms with Gasteiger partial charge < -0.3 is 14.2 Å². The van der Waals surface area contributed by atoms with E-state index in [4.69, 9.17) is 4.42 Å². The van der Waals surface area contributed by atoms with Gasteiger partial charge in [0.25, 0.3) is 6.71 Å². The molecular weight excluding hydrogens is 1020 g/mol. The van der Waals surface area contributed by atoms with Crippen molar-refractivity contribution in [3.63, 3.8) is 0 Å². The molecule has 0 unspecified atom stereocenters. The van der Waals surface area contributed by atoms with Crippen LogP contribution >= 0.6 is 0 Å². The number of fused-ring (bicyclic) bond motifs is 10. The second-order valence-electron chi connectivity index (χ2n) is 30.9. The molecule has 16 rings (SSSR count). The molecule has 5 heteroatoms. The first-order valence-corrected chi connectivity index (χ1v) is 31.7. The summed E-state index contributed by atoms with van der Waals surface area (Å²) in [6, 6.07) is 61.4. The molecule has 424 valence electrons. The Morgan fingerprint density at radius 2 is 0.952 bits per heavy atom. The number of nitrogens with zero attached hydrogens (tertiary/aromatic N) is 3. The van der Waals surface area contributed by atoms with Gasteiger partial charge in [0.1, 0.15) is 5.58 Å². The maximum Gasteiger partial charge on any atom is 0.257 e. The van der Waals surface area contributed by atoms with Gasteiger partial charge in [0.2, 0.25) is 5.88 Å². The lowest BCUT2D eigenvalue weighted by Gasteiger charge is -2.52. The van der Waals surface area contributed by atoms with Gasteiger partial charge in [0.15, 0.2) is 0 Å². The Bertz CT molecular complexity index is 4140. The Labute approximate surface area is 501 Å². The van der Waals surface area contributed by atoms with Crippen LogP contribution in [0.4, 0.5) is 51.4 Å². The Hall–Kier alpha value is -7.24. The average Bonchev–Trinajstić information content (AvgIpc) is 1.31. The smallest absolute Gasteiger partial charge is 0.257 e. The minimum atomic E-state index is -0.104. The van der Waals surface area contributed by atoms with Gasteiger partial charge in [0, 0.05) is 56.3 Å². The number of aryl methyl sites for hydroxylation is 1. The molecule has 1 aromatic heterocycles. The van der Waals surface area contributed by atoms with Crippen LogP contribution in [0.3, 0.4) is 0 Å². The molecule has 0 atom stereocenters. The highest BCUT2D eigenvalue weighted by atomic mass is 16.4. The first-order valence-electron chi connectivity index (χ1n) is 31.7. The van der Waals surface area contributed by atoms with E-state index in [1.165, 1.54) is 133 Å².